The molecule has 0 spiro atoms. The summed E-state index contributed by atoms with van der Waals surface area (Å²) in [7, 11) is 0. The van der Waals surface area contributed by atoms with Gasteiger partial charge in [-0.15, -0.1) is 23.2 Å². The molecule has 5 heteroatoms. The van der Waals surface area contributed by atoms with Crippen molar-refractivity contribution in [1.29, 1.82) is 0 Å². The van der Waals surface area contributed by atoms with E-state index >= 15 is 0 Å². The highest BCUT2D eigenvalue weighted by atomic mass is 35.5. The molecule has 0 bridgehead atoms. The van der Waals surface area contributed by atoms with Crippen molar-refractivity contribution in [1.82, 2.24) is 5.32 Å². The largest absolute Gasteiger partial charge is 0.494 e. The molecule has 0 aliphatic carbocycles. The molecule has 1 N–H and O–H groups in total. The maximum Gasteiger partial charge on any atom is 0.251 e. The van der Waals surface area contributed by atoms with E-state index in [0.29, 0.717) is 12.2 Å². The van der Waals surface area contributed by atoms with Crippen LogP contribution in [-0.4, -0.2) is 29.8 Å². The van der Waals surface area contributed by atoms with Crippen LogP contribution in [0.5, 0.6) is 5.75 Å². The van der Waals surface area contributed by atoms with E-state index in [2.05, 4.69) is 12.2 Å². The Labute approximate surface area is 130 Å². The minimum atomic E-state index is -0.601. The van der Waals surface area contributed by atoms with Crippen LogP contribution in [0.1, 0.15) is 37.0 Å². The lowest BCUT2D eigenvalue weighted by Crippen LogP contribution is -2.49. The van der Waals surface area contributed by atoms with Gasteiger partial charge in [0.15, 0.2) is 0 Å². The Morgan fingerprint density at radius 3 is 2.35 bits per heavy atom. The Balaban J connectivity index is 2.61. The molecule has 0 radical (unpaired) electrons. The topological polar surface area (TPSA) is 38.3 Å². The fourth-order valence-electron chi connectivity index (χ4n) is 1.49. The van der Waals surface area contributed by atoms with E-state index < -0.39 is 5.54 Å². The van der Waals surface area contributed by atoms with Crippen LogP contribution >= 0.6 is 23.2 Å². The SMILES string of the molecule is CCCCOc1ccc(C(=O)NC(C)(CCl)CCl)cc1. The second kappa shape index (κ2) is 8.38. The highest BCUT2D eigenvalue weighted by molar-refractivity contribution is 6.22. The van der Waals surface area contributed by atoms with Gasteiger partial charge in [-0.05, 0) is 37.6 Å². The first-order chi connectivity index (χ1) is 9.54. The molecule has 0 saturated carbocycles. The van der Waals surface area contributed by atoms with E-state index in [-0.39, 0.29) is 17.7 Å². The molecule has 3 nitrogen and oxygen atoms in total. The number of rotatable bonds is 8. The molecular weight excluding hydrogens is 297 g/mol. The number of carbonyl (C=O) groups is 1. The van der Waals surface area contributed by atoms with E-state index in [1.807, 2.05) is 6.92 Å². The van der Waals surface area contributed by atoms with Crippen LogP contribution in [0.25, 0.3) is 0 Å². The molecule has 0 aliphatic heterocycles. The Kier molecular flexibility index (Phi) is 7.17. The van der Waals surface area contributed by atoms with Crippen LogP contribution in [0.4, 0.5) is 0 Å². The Morgan fingerprint density at radius 1 is 1.25 bits per heavy atom. The van der Waals surface area contributed by atoms with Gasteiger partial charge in [0, 0.05) is 17.3 Å². The summed E-state index contributed by atoms with van der Waals surface area (Å²) in [6.45, 7) is 4.62. The zero-order valence-electron chi connectivity index (χ0n) is 11.9. The minimum absolute atomic E-state index is 0.186. The van der Waals surface area contributed by atoms with Crippen molar-refractivity contribution >= 4 is 29.1 Å². The zero-order valence-corrected chi connectivity index (χ0v) is 13.4. The maximum absolute atomic E-state index is 12.1. The Hall–Kier alpha value is -0.930. The fraction of sp³-hybridized carbons (Fsp3) is 0.533. The van der Waals surface area contributed by atoms with E-state index in [1.54, 1.807) is 24.3 Å². The number of carbonyl (C=O) groups excluding carboxylic acids is 1. The number of benzene rings is 1. The molecule has 1 aromatic rings. The molecule has 0 unspecified atom stereocenters. The lowest BCUT2D eigenvalue weighted by atomic mass is 10.1. The summed E-state index contributed by atoms with van der Waals surface area (Å²) >= 11 is 11.6. The molecule has 0 fully saturated rings. The first kappa shape index (κ1) is 17.1. The molecule has 112 valence electrons. The van der Waals surface area contributed by atoms with Crippen LogP contribution < -0.4 is 10.1 Å². The average molecular weight is 318 g/mol. The van der Waals surface area contributed by atoms with Crippen LogP contribution in [0.15, 0.2) is 24.3 Å². The molecule has 0 heterocycles. The van der Waals surface area contributed by atoms with Gasteiger partial charge in [-0.2, -0.15) is 0 Å². The van der Waals surface area contributed by atoms with Gasteiger partial charge in [0.1, 0.15) is 5.75 Å². The first-order valence-electron chi connectivity index (χ1n) is 6.72. The molecule has 0 aliphatic rings. The lowest BCUT2D eigenvalue weighted by Gasteiger charge is -2.25. The van der Waals surface area contributed by atoms with Crippen LogP contribution in [0.3, 0.4) is 0 Å². The number of amides is 1. The van der Waals surface area contributed by atoms with E-state index in [0.717, 1.165) is 18.6 Å². The quantitative estimate of drug-likeness (QED) is 0.584. The monoisotopic (exact) mass is 317 g/mol. The van der Waals surface area contributed by atoms with Crippen molar-refractivity contribution in [2.24, 2.45) is 0 Å². The molecule has 1 rings (SSSR count). The number of hydrogen-bond donors (Lipinski definition) is 1. The fourth-order valence-corrected chi connectivity index (χ4v) is 1.91. The Bertz CT molecular complexity index is 416. The second-order valence-corrected chi connectivity index (χ2v) is 5.54. The van der Waals surface area contributed by atoms with Gasteiger partial charge in [0.25, 0.3) is 5.91 Å². The van der Waals surface area contributed by atoms with Crippen molar-refractivity contribution in [3.05, 3.63) is 29.8 Å². The predicted molar refractivity (Wildman–Crippen MR) is 84.2 cm³/mol. The predicted octanol–water partition coefficient (Wildman–Crippen LogP) is 3.83. The number of alkyl halides is 2. The third kappa shape index (κ3) is 5.22. The van der Waals surface area contributed by atoms with Gasteiger partial charge < -0.3 is 10.1 Å². The van der Waals surface area contributed by atoms with E-state index in [4.69, 9.17) is 27.9 Å². The first-order valence-corrected chi connectivity index (χ1v) is 7.79. The van der Waals surface area contributed by atoms with Crippen molar-refractivity contribution in [3.8, 4) is 5.75 Å². The number of nitrogens with one attached hydrogen (secondary N) is 1. The summed E-state index contributed by atoms with van der Waals surface area (Å²) in [6.07, 6.45) is 2.11. The highest BCUT2D eigenvalue weighted by Crippen LogP contribution is 2.15. The molecular formula is C15H21Cl2NO2. The van der Waals surface area contributed by atoms with Gasteiger partial charge in [-0.1, -0.05) is 13.3 Å². The summed E-state index contributed by atoms with van der Waals surface area (Å²) < 4.78 is 5.55. The summed E-state index contributed by atoms with van der Waals surface area (Å²) in [5.74, 6) is 1.11. The van der Waals surface area contributed by atoms with Crippen LogP contribution in [0, 0.1) is 0 Å². The maximum atomic E-state index is 12.1. The van der Waals surface area contributed by atoms with Gasteiger partial charge in [0.2, 0.25) is 0 Å². The van der Waals surface area contributed by atoms with Gasteiger partial charge in [-0.25, -0.2) is 0 Å². The zero-order chi connectivity index (χ0) is 15.0. The Morgan fingerprint density at radius 2 is 1.85 bits per heavy atom. The third-order valence-electron chi connectivity index (χ3n) is 2.89. The summed E-state index contributed by atoms with van der Waals surface area (Å²) in [5, 5.41) is 2.84. The van der Waals surface area contributed by atoms with Gasteiger partial charge in [0.05, 0.1) is 12.1 Å². The lowest BCUT2D eigenvalue weighted by molar-refractivity contribution is 0.0921. The normalized spacial score (nSPS) is 11.2. The summed E-state index contributed by atoms with van der Waals surface area (Å²) in [4.78, 5) is 12.1. The molecule has 1 amide bonds. The van der Waals surface area contributed by atoms with Gasteiger partial charge >= 0.3 is 0 Å². The summed E-state index contributed by atoms with van der Waals surface area (Å²) in [6, 6.07) is 7.06. The van der Waals surface area contributed by atoms with Crippen molar-refractivity contribution in [2.75, 3.05) is 18.4 Å². The minimum Gasteiger partial charge on any atom is -0.494 e. The molecule has 0 saturated heterocycles. The van der Waals surface area contributed by atoms with Gasteiger partial charge in [-0.3, -0.25) is 4.79 Å². The number of halogens is 2. The molecule has 0 aromatic heterocycles. The average Bonchev–Trinajstić information content (AvgIpc) is 2.48. The molecule has 1 aromatic carbocycles. The van der Waals surface area contributed by atoms with E-state index in [9.17, 15) is 4.79 Å². The van der Waals surface area contributed by atoms with Crippen LogP contribution in [0.2, 0.25) is 0 Å². The van der Waals surface area contributed by atoms with Crippen LogP contribution in [-0.2, 0) is 0 Å². The number of hydrogen-bond acceptors (Lipinski definition) is 2. The molecule has 20 heavy (non-hydrogen) atoms. The standard InChI is InChI=1S/C15H21Cl2NO2/c1-3-4-9-20-13-7-5-12(6-8-13)14(19)18-15(2,10-16)11-17/h5-8H,3-4,9-11H2,1-2H3,(H,18,19). The number of ether oxygens (including phenoxy) is 1. The highest BCUT2D eigenvalue weighted by Gasteiger charge is 2.24. The number of unbranched alkanes of at least 4 members (excludes halogenated alkanes) is 1. The van der Waals surface area contributed by atoms with Crippen molar-refractivity contribution in [3.63, 3.8) is 0 Å². The second-order valence-electron chi connectivity index (χ2n) is 5.01. The van der Waals surface area contributed by atoms with Crippen molar-refractivity contribution in [2.45, 2.75) is 32.2 Å². The molecule has 0 atom stereocenters. The van der Waals surface area contributed by atoms with E-state index in [1.165, 1.54) is 0 Å². The van der Waals surface area contributed by atoms with Crippen molar-refractivity contribution < 1.29 is 9.53 Å². The third-order valence-corrected chi connectivity index (χ3v) is 4.07. The summed E-state index contributed by atoms with van der Waals surface area (Å²) in [5.41, 5.74) is -0.0365. The smallest absolute Gasteiger partial charge is 0.251 e.